The second-order valence-electron chi connectivity index (χ2n) is 4.96. The van der Waals surface area contributed by atoms with E-state index in [1.807, 2.05) is 28.8 Å². The van der Waals surface area contributed by atoms with Crippen molar-refractivity contribution < 1.29 is 4.79 Å². The van der Waals surface area contributed by atoms with E-state index >= 15 is 0 Å². The molecule has 0 radical (unpaired) electrons. The first kappa shape index (κ1) is 14.2. The Bertz CT molecular complexity index is 478. The number of halogens is 2. The average Bonchev–Trinajstić information content (AvgIpc) is 2.30. The van der Waals surface area contributed by atoms with E-state index in [4.69, 9.17) is 11.6 Å². The van der Waals surface area contributed by atoms with E-state index in [-0.39, 0.29) is 10.7 Å². The molecule has 0 bridgehead atoms. The summed E-state index contributed by atoms with van der Waals surface area (Å²) in [6.07, 6.45) is 0. The fourth-order valence-corrected chi connectivity index (χ4v) is 3.54. The Morgan fingerprint density at radius 3 is 2.83 bits per heavy atom. The van der Waals surface area contributed by atoms with Gasteiger partial charge in [0.2, 0.25) is 0 Å². The highest BCUT2D eigenvalue weighted by molar-refractivity contribution is 9.10. The third-order valence-electron chi connectivity index (χ3n) is 2.88. The lowest BCUT2D eigenvalue weighted by Crippen LogP contribution is -2.46. The topological polar surface area (TPSA) is 20.3 Å². The molecule has 5 heteroatoms. The smallest absolute Gasteiger partial charge is 0.253 e. The van der Waals surface area contributed by atoms with Crippen molar-refractivity contribution in [1.82, 2.24) is 4.90 Å². The summed E-state index contributed by atoms with van der Waals surface area (Å²) in [6, 6.07) is 5.36. The van der Waals surface area contributed by atoms with Crippen LogP contribution in [0.4, 0.5) is 0 Å². The van der Waals surface area contributed by atoms with Gasteiger partial charge in [-0.05, 0) is 48.0 Å². The maximum Gasteiger partial charge on any atom is 0.253 e. The van der Waals surface area contributed by atoms with Gasteiger partial charge in [0.15, 0.2) is 0 Å². The summed E-state index contributed by atoms with van der Waals surface area (Å²) < 4.78 is 0.947. The molecule has 1 fully saturated rings. The lowest BCUT2D eigenvalue weighted by atomic mass is 10.1. The molecule has 1 amide bonds. The molecule has 0 atom stereocenters. The number of amides is 1. The van der Waals surface area contributed by atoms with Gasteiger partial charge in [-0.3, -0.25) is 4.79 Å². The first-order chi connectivity index (χ1) is 8.39. The Balaban J connectivity index is 2.18. The Kier molecular flexibility index (Phi) is 4.29. The standard InChI is InChI=1S/C13H15BrClNOS/c1-13(2)8-16(5-6-18-13)12(17)9-3-4-10(14)11(15)7-9/h3-4,7H,5-6,8H2,1-2H3. The molecule has 1 aromatic rings. The number of hydrogen-bond acceptors (Lipinski definition) is 2. The van der Waals surface area contributed by atoms with Crippen molar-refractivity contribution in [3.63, 3.8) is 0 Å². The molecule has 0 N–H and O–H groups in total. The zero-order valence-corrected chi connectivity index (χ0v) is 13.5. The minimum atomic E-state index is 0.0674. The van der Waals surface area contributed by atoms with Gasteiger partial charge in [0, 0.05) is 33.6 Å². The molecular formula is C13H15BrClNOS. The Labute approximate surface area is 125 Å². The van der Waals surface area contributed by atoms with Crippen LogP contribution in [-0.2, 0) is 0 Å². The molecule has 1 heterocycles. The summed E-state index contributed by atoms with van der Waals surface area (Å²) in [5.41, 5.74) is 0.658. The van der Waals surface area contributed by atoms with E-state index in [2.05, 4.69) is 29.8 Å². The minimum Gasteiger partial charge on any atom is -0.336 e. The van der Waals surface area contributed by atoms with Gasteiger partial charge >= 0.3 is 0 Å². The van der Waals surface area contributed by atoms with Crippen LogP contribution in [0.15, 0.2) is 22.7 Å². The maximum atomic E-state index is 12.4. The van der Waals surface area contributed by atoms with Crippen LogP contribution in [0.1, 0.15) is 24.2 Å². The largest absolute Gasteiger partial charge is 0.336 e. The highest BCUT2D eigenvalue weighted by Crippen LogP contribution is 2.31. The first-order valence-corrected chi connectivity index (χ1v) is 7.93. The molecule has 1 aliphatic rings. The van der Waals surface area contributed by atoms with Crippen molar-refractivity contribution in [3.8, 4) is 0 Å². The predicted octanol–water partition coefficient (Wildman–Crippen LogP) is 4.07. The monoisotopic (exact) mass is 347 g/mol. The molecule has 1 aliphatic heterocycles. The van der Waals surface area contributed by atoms with Crippen LogP contribution in [0, 0.1) is 0 Å². The van der Waals surface area contributed by atoms with Gasteiger partial charge in [-0.25, -0.2) is 0 Å². The summed E-state index contributed by atoms with van der Waals surface area (Å²) in [4.78, 5) is 14.3. The lowest BCUT2D eigenvalue weighted by molar-refractivity contribution is 0.0748. The van der Waals surface area contributed by atoms with E-state index in [1.54, 1.807) is 6.07 Å². The Morgan fingerprint density at radius 1 is 1.50 bits per heavy atom. The molecule has 0 aliphatic carbocycles. The molecule has 2 nitrogen and oxygen atoms in total. The SMILES string of the molecule is CC1(C)CN(C(=O)c2ccc(Br)c(Cl)c2)CCS1. The van der Waals surface area contributed by atoms with Crippen molar-refractivity contribution in [2.45, 2.75) is 18.6 Å². The maximum absolute atomic E-state index is 12.4. The van der Waals surface area contributed by atoms with Crippen LogP contribution >= 0.6 is 39.3 Å². The number of nitrogens with zero attached hydrogens (tertiary/aromatic N) is 1. The lowest BCUT2D eigenvalue weighted by Gasteiger charge is -2.37. The number of carbonyl (C=O) groups excluding carboxylic acids is 1. The summed E-state index contributed by atoms with van der Waals surface area (Å²) in [5.74, 6) is 1.06. The normalized spacial score (nSPS) is 18.8. The van der Waals surface area contributed by atoms with E-state index in [0.29, 0.717) is 10.6 Å². The van der Waals surface area contributed by atoms with E-state index in [1.165, 1.54) is 0 Å². The van der Waals surface area contributed by atoms with E-state index < -0.39 is 0 Å². The van der Waals surface area contributed by atoms with Crippen molar-refractivity contribution in [1.29, 1.82) is 0 Å². The molecular weight excluding hydrogens is 334 g/mol. The predicted molar refractivity (Wildman–Crippen MR) is 81.6 cm³/mol. The number of hydrogen-bond donors (Lipinski definition) is 0. The molecule has 0 aromatic heterocycles. The second kappa shape index (κ2) is 5.43. The van der Waals surface area contributed by atoms with Crippen LogP contribution in [0.5, 0.6) is 0 Å². The van der Waals surface area contributed by atoms with Gasteiger partial charge < -0.3 is 4.90 Å². The zero-order chi connectivity index (χ0) is 13.3. The minimum absolute atomic E-state index is 0.0674. The van der Waals surface area contributed by atoms with E-state index in [9.17, 15) is 4.79 Å². The first-order valence-electron chi connectivity index (χ1n) is 5.77. The van der Waals surface area contributed by atoms with Gasteiger partial charge in [0.05, 0.1) is 5.02 Å². The third kappa shape index (κ3) is 3.22. The number of benzene rings is 1. The Hall–Kier alpha value is -0.190. The van der Waals surface area contributed by atoms with Gasteiger partial charge in [0.25, 0.3) is 5.91 Å². The van der Waals surface area contributed by atoms with Crippen LogP contribution < -0.4 is 0 Å². The summed E-state index contributed by atoms with van der Waals surface area (Å²) in [6.45, 7) is 5.93. The fraction of sp³-hybridized carbons (Fsp3) is 0.462. The molecule has 1 saturated heterocycles. The van der Waals surface area contributed by atoms with Crippen LogP contribution in [-0.4, -0.2) is 34.4 Å². The van der Waals surface area contributed by atoms with Gasteiger partial charge in [-0.1, -0.05) is 11.6 Å². The van der Waals surface area contributed by atoms with Gasteiger partial charge in [0.1, 0.15) is 0 Å². The summed E-state index contributed by atoms with van der Waals surface area (Å²) >= 11 is 11.3. The quantitative estimate of drug-likeness (QED) is 0.762. The number of thioether (sulfide) groups is 1. The van der Waals surface area contributed by atoms with Gasteiger partial charge in [-0.2, -0.15) is 11.8 Å². The van der Waals surface area contributed by atoms with Crippen LogP contribution in [0.3, 0.4) is 0 Å². The van der Waals surface area contributed by atoms with Crippen LogP contribution in [0.25, 0.3) is 0 Å². The molecule has 0 unspecified atom stereocenters. The highest BCUT2D eigenvalue weighted by atomic mass is 79.9. The highest BCUT2D eigenvalue weighted by Gasteiger charge is 2.30. The number of rotatable bonds is 1. The number of carbonyl (C=O) groups is 1. The molecule has 98 valence electrons. The zero-order valence-electron chi connectivity index (χ0n) is 10.4. The summed E-state index contributed by atoms with van der Waals surface area (Å²) in [7, 11) is 0. The van der Waals surface area contributed by atoms with Crippen molar-refractivity contribution in [2.24, 2.45) is 0 Å². The fourth-order valence-electron chi connectivity index (χ4n) is 2.00. The molecule has 2 rings (SSSR count). The van der Waals surface area contributed by atoms with Crippen molar-refractivity contribution in [2.75, 3.05) is 18.8 Å². The van der Waals surface area contributed by atoms with Crippen molar-refractivity contribution >= 4 is 45.2 Å². The summed E-state index contributed by atoms with van der Waals surface area (Å²) in [5, 5.41) is 0.575. The molecule has 1 aromatic carbocycles. The van der Waals surface area contributed by atoms with Crippen LogP contribution in [0.2, 0.25) is 5.02 Å². The molecule has 0 saturated carbocycles. The van der Waals surface area contributed by atoms with Crippen molar-refractivity contribution in [3.05, 3.63) is 33.3 Å². The van der Waals surface area contributed by atoms with E-state index in [0.717, 1.165) is 23.3 Å². The van der Waals surface area contributed by atoms with Gasteiger partial charge in [-0.15, -0.1) is 0 Å². The average molecular weight is 349 g/mol. The second-order valence-corrected chi connectivity index (χ2v) is 8.03. The third-order valence-corrected chi connectivity index (χ3v) is 5.41. The Morgan fingerprint density at radius 2 is 2.22 bits per heavy atom. The molecule has 0 spiro atoms. The molecule has 18 heavy (non-hydrogen) atoms.